The molecule has 2 aromatic rings. The summed E-state index contributed by atoms with van der Waals surface area (Å²) in [7, 11) is 0. The second-order valence-corrected chi connectivity index (χ2v) is 5.25. The first-order chi connectivity index (χ1) is 8.83. The van der Waals surface area contributed by atoms with Gasteiger partial charge in [-0.2, -0.15) is 0 Å². The summed E-state index contributed by atoms with van der Waals surface area (Å²) in [6.07, 6.45) is 1.18. The van der Waals surface area contributed by atoms with Crippen LogP contribution < -0.4 is 0 Å². The number of nitrogens with zero attached hydrogens (tertiary/aromatic N) is 2. The Morgan fingerprint density at radius 1 is 1.11 bits per heavy atom. The third kappa shape index (κ3) is 3.53. The number of benzene rings is 1. The summed E-state index contributed by atoms with van der Waals surface area (Å²) in [5.74, 6) is 0. The lowest BCUT2D eigenvalue weighted by molar-refractivity contribution is 0.281. The first kappa shape index (κ1) is 13.5. The molecule has 0 saturated carbocycles. The van der Waals surface area contributed by atoms with Gasteiger partial charge in [0.1, 0.15) is 0 Å². The van der Waals surface area contributed by atoms with Gasteiger partial charge in [-0.25, -0.2) is 0 Å². The average molecular weight is 307 g/mol. The molecule has 96 valence electrons. The number of halogens is 1. The highest BCUT2D eigenvalue weighted by Gasteiger charge is 2.05. The van der Waals surface area contributed by atoms with E-state index >= 15 is 0 Å². The predicted molar refractivity (Wildman–Crippen MR) is 81.1 cm³/mol. The van der Waals surface area contributed by atoms with E-state index < -0.39 is 0 Å². The molecule has 0 saturated heterocycles. The third-order valence-corrected chi connectivity index (χ3v) is 3.34. The van der Waals surface area contributed by atoms with Gasteiger partial charge in [-0.05, 0) is 25.1 Å². The zero-order valence-corrected chi connectivity index (χ0v) is 12.4. The molecule has 0 atom stereocenters. The Morgan fingerprint density at radius 3 is 2.72 bits per heavy atom. The van der Waals surface area contributed by atoms with Crippen LogP contribution >= 0.6 is 15.9 Å². The fourth-order valence-corrected chi connectivity index (χ4v) is 2.63. The molecule has 0 aliphatic heterocycles. The summed E-state index contributed by atoms with van der Waals surface area (Å²) >= 11 is 3.51. The number of hydrogen-bond acceptors (Lipinski definition) is 2. The quantitative estimate of drug-likeness (QED) is 0.754. The molecule has 2 rings (SSSR count). The summed E-state index contributed by atoms with van der Waals surface area (Å²) in [6, 6.07) is 12.6. The lowest BCUT2D eigenvalue weighted by Crippen LogP contribution is -2.26. The molecule has 0 aliphatic carbocycles. The van der Waals surface area contributed by atoms with Gasteiger partial charge in [0.2, 0.25) is 0 Å². The van der Waals surface area contributed by atoms with Gasteiger partial charge in [0.15, 0.2) is 0 Å². The van der Waals surface area contributed by atoms with E-state index in [4.69, 9.17) is 4.98 Å². The molecular weight excluding hydrogens is 288 g/mol. The van der Waals surface area contributed by atoms with E-state index in [0.29, 0.717) is 0 Å². The SMILES string of the molecule is CCCN(CCBr)Cc1ccc2ccccc2n1. The third-order valence-electron chi connectivity index (χ3n) is 2.98. The van der Waals surface area contributed by atoms with E-state index in [9.17, 15) is 0 Å². The van der Waals surface area contributed by atoms with Gasteiger partial charge in [0, 0.05) is 23.8 Å². The van der Waals surface area contributed by atoms with E-state index in [-0.39, 0.29) is 0 Å². The van der Waals surface area contributed by atoms with Crippen molar-refractivity contribution < 1.29 is 0 Å². The maximum absolute atomic E-state index is 4.72. The molecule has 0 fully saturated rings. The highest BCUT2D eigenvalue weighted by atomic mass is 79.9. The van der Waals surface area contributed by atoms with Crippen LogP contribution in [0.4, 0.5) is 0 Å². The number of rotatable bonds is 6. The van der Waals surface area contributed by atoms with Gasteiger partial charge >= 0.3 is 0 Å². The Hall–Kier alpha value is -0.930. The fourth-order valence-electron chi connectivity index (χ4n) is 2.13. The standard InChI is InChI=1S/C15H19BrN2/c1-2-10-18(11-9-16)12-14-8-7-13-5-3-4-6-15(13)17-14/h3-8H,2,9-12H2,1H3. The van der Waals surface area contributed by atoms with Crippen molar-refractivity contribution in [3.63, 3.8) is 0 Å². The summed E-state index contributed by atoms with van der Waals surface area (Å²) in [4.78, 5) is 7.16. The van der Waals surface area contributed by atoms with Gasteiger partial charge in [0.25, 0.3) is 0 Å². The van der Waals surface area contributed by atoms with Gasteiger partial charge in [-0.3, -0.25) is 9.88 Å². The molecule has 1 aromatic carbocycles. The smallest absolute Gasteiger partial charge is 0.0705 e. The van der Waals surface area contributed by atoms with Crippen molar-refractivity contribution in [2.75, 3.05) is 18.4 Å². The second-order valence-electron chi connectivity index (χ2n) is 4.46. The number of aromatic nitrogens is 1. The number of para-hydroxylation sites is 1. The Labute approximate surface area is 117 Å². The average Bonchev–Trinajstić information content (AvgIpc) is 2.39. The molecule has 0 spiro atoms. The van der Waals surface area contributed by atoms with Crippen LogP contribution in [0.25, 0.3) is 10.9 Å². The number of alkyl halides is 1. The number of pyridine rings is 1. The molecule has 0 radical (unpaired) electrons. The lowest BCUT2D eigenvalue weighted by Gasteiger charge is -2.20. The molecule has 0 N–H and O–H groups in total. The Bertz CT molecular complexity index is 493. The Morgan fingerprint density at radius 2 is 1.94 bits per heavy atom. The molecule has 3 heteroatoms. The topological polar surface area (TPSA) is 16.1 Å². The number of hydrogen-bond donors (Lipinski definition) is 0. The largest absolute Gasteiger partial charge is 0.297 e. The lowest BCUT2D eigenvalue weighted by atomic mass is 10.2. The van der Waals surface area contributed by atoms with E-state index in [2.05, 4.69) is 58.1 Å². The van der Waals surface area contributed by atoms with Crippen molar-refractivity contribution >= 4 is 26.8 Å². The Kier molecular flexibility index (Phi) is 5.14. The van der Waals surface area contributed by atoms with Gasteiger partial charge in [-0.15, -0.1) is 0 Å². The van der Waals surface area contributed by atoms with E-state index in [1.54, 1.807) is 0 Å². The molecule has 0 bridgehead atoms. The fraction of sp³-hybridized carbons (Fsp3) is 0.400. The van der Waals surface area contributed by atoms with Crippen LogP contribution in [0.15, 0.2) is 36.4 Å². The maximum Gasteiger partial charge on any atom is 0.0705 e. The van der Waals surface area contributed by atoms with Crippen molar-refractivity contribution in [1.82, 2.24) is 9.88 Å². The van der Waals surface area contributed by atoms with Crippen LogP contribution in [0.5, 0.6) is 0 Å². The first-order valence-electron chi connectivity index (χ1n) is 6.46. The molecule has 2 nitrogen and oxygen atoms in total. The summed E-state index contributed by atoms with van der Waals surface area (Å²) in [5, 5.41) is 2.23. The number of fused-ring (bicyclic) bond motifs is 1. The first-order valence-corrected chi connectivity index (χ1v) is 7.58. The van der Waals surface area contributed by atoms with E-state index in [1.165, 1.54) is 11.8 Å². The van der Waals surface area contributed by atoms with Crippen LogP contribution in [0.1, 0.15) is 19.0 Å². The van der Waals surface area contributed by atoms with Gasteiger partial charge < -0.3 is 0 Å². The van der Waals surface area contributed by atoms with Crippen molar-refractivity contribution in [2.24, 2.45) is 0 Å². The monoisotopic (exact) mass is 306 g/mol. The van der Waals surface area contributed by atoms with Crippen molar-refractivity contribution in [2.45, 2.75) is 19.9 Å². The molecular formula is C15H19BrN2. The van der Waals surface area contributed by atoms with E-state index in [0.717, 1.165) is 36.2 Å². The van der Waals surface area contributed by atoms with Gasteiger partial charge in [-0.1, -0.05) is 47.1 Å². The second kappa shape index (κ2) is 6.86. The summed E-state index contributed by atoms with van der Waals surface area (Å²) in [6.45, 7) is 5.35. The summed E-state index contributed by atoms with van der Waals surface area (Å²) < 4.78 is 0. The highest BCUT2D eigenvalue weighted by molar-refractivity contribution is 9.09. The minimum absolute atomic E-state index is 0.935. The van der Waals surface area contributed by atoms with Crippen molar-refractivity contribution in [1.29, 1.82) is 0 Å². The zero-order chi connectivity index (χ0) is 12.8. The molecule has 1 heterocycles. The molecule has 0 amide bonds. The maximum atomic E-state index is 4.72. The van der Waals surface area contributed by atoms with Crippen molar-refractivity contribution in [3.8, 4) is 0 Å². The van der Waals surface area contributed by atoms with Crippen LogP contribution in [-0.4, -0.2) is 28.3 Å². The highest BCUT2D eigenvalue weighted by Crippen LogP contribution is 2.13. The van der Waals surface area contributed by atoms with Gasteiger partial charge in [0.05, 0.1) is 11.2 Å². The van der Waals surface area contributed by atoms with Crippen molar-refractivity contribution in [3.05, 3.63) is 42.1 Å². The van der Waals surface area contributed by atoms with E-state index in [1.807, 2.05) is 6.07 Å². The molecule has 0 unspecified atom stereocenters. The van der Waals surface area contributed by atoms with Crippen LogP contribution in [0.3, 0.4) is 0 Å². The minimum atomic E-state index is 0.935. The predicted octanol–water partition coefficient (Wildman–Crippen LogP) is 3.84. The normalized spacial score (nSPS) is 11.3. The van der Waals surface area contributed by atoms with Crippen LogP contribution in [0, 0.1) is 0 Å². The molecule has 18 heavy (non-hydrogen) atoms. The zero-order valence-electron chi connectivity index (χ0n) is 10.8. The summed E-state index contributed by atoms with van der Waals surface area (Å²) in [5.41, 5.74) is 2.24. The molecule has 1 aromatic heterocycles. The Balaban J connectivity index is 2.14. The van der Waals surface area contributed by atoms with Crippen LogP contribution in [-0.2, 0) is 6.54 Å². The van der Waals surface area contributed by atoms with Crippen LogP contribution in [0.2, 0.25) is 0 Å². The molecule has 0 aliphatic rings. The minimum Gasteiger partial charge on any atom is -0.297 e.